The molecule has 0 unspecified atom stereocenters. The molecule has 1 saturated carbocycles. The predicted octanol–water partition coefficient (Wildman–Crippen LogP) is 5.07. The second-order valence-electron chi connectivity index (χ2n) is 8.58. The van der Waals surface area contributed by atoms with Crippen LogP contribution >= 0.6 is 11.3 Å². The van der Waals surface area contributed by atoms with Crippen molar-refractivity contribution < 1.29 is 32.3 Å². The molecule has 0 aliphatic heterocycles. The van der Waals surface area contributed by atoms with Crippen LogP contribution in [0.5, 0.6) is 0 Å². The molecule has 1 aliphatic carbocycles. The lowest BCUT2D eigenvalue weighted by Gasteiger charge is -2.28. The van der Waals surface area contributed by atoms with Gasteiger partial charge in [-0.15, -0.1) is 11.3 Å². The van der Waals surface area contributed by atoms with Crippen LogP contribution in [-0.2, 0) is 20.5 Å². The molecule has 2 aromatic rings. The van der Waals surface area contributed by atoms with Crippen molar-refractivity contribution in [3.63, 3.8) is 0 Å². The number of methoxy groups -OCH3 is 1. The maximum atomic E-state index is 13.0. The zero-order chi connectivity index (χ0) is 25.6. The summed E-state index contributed by atoms with van der Waals surface area (Å²) in [6.07, 6.45) is -0.432. The Morgan fingerprint density at radius 3 is 2.37 bits per heavy atom. The highest BCUT2D eigenvalue weighted by Crippen LogP contribution is 2.37. The molecule has 1 aliphatic rings. The van der Waals surface area contributed by atoms with Crippen molar-refractivity contribution >= 4 is 34.8 Å². The quantitative estimate of drug-likeness (QED) is 0.483. The van der Waals surface area contributed by atoms with Crippen LogP contribution in [-0.4, -0.2) is 36.4 Å². The average molecular weight is 512 g/mol. The molecule has 0 bridgehead atoms. The third-order valence-electron chi connectivity index (χ3n) is 6.04. The standard InChI is InChI=1S/C24H28F3N3O4S/c1-14-29-22(24(25,26)27)21(35-14)23(33)28-12-11-19(31)30-18-9-7-17(8-10-18)16-5-3-15(4-6-16)13-20(32)34-2/h7-10,15-16H,3-6,11-13H2,1-2H3,(H,28,33)(H,30,31). The molecule has 1 aromatic carbocycles. The van der Waals surface area contributed by atoms with E-state index >= 15 is 0 Å². The van der Waals surface area contributed by atoms with Crippen LogP contribution in [0.15, 0.2) is 24.3 Å². The van der Waals surface area contributed by atoms with Crippen molar-refractivity contribution in [3.8, 4) is 0 Å². The number of rotatable bonds is 8. The summed E-state index contributed by atoms with van der Waals surface area (Å²) >= 11 is 0.663. The van der Waals surface area contributed by atoms with Crippen molar-refractivity contribution in [1.82, 2.24) is 10.3 Å². The number of ether oxygens (including phenoxy) is 1. The van der Waals surface area contributed by atoms with Crippen LogP contribution in [0, 0.1) is 12.8 Å². The summed E-state index contributed by atoms with van der Waals surface area (Å²) in [5.41, 5.74) is 0.563. The Morgan fingerprint density at radius 2 is 1.77 bits per heavy atom. The maximum absolute atomic E-state index is 13.0. The first-order chi connectivity index (χ1) is 16.6. The second-order valence-corrected chi connectivity index (χ2v) is 9.79. The molecular formula is C24H28F3N3O4S. The van der Waals surface area contributed by atoms with E-state index in [0.717, 1.165) is 25.7 Å². The molecule has 1 fully saturated rings. The van der Waals surface area contributed by atoms with Gasteiger partial charge in [0.15, 0.2) is 5.69 Å². The fourth-order valence-corrected chi connectivity index (χ4v) is 5.08. The van der Waals surface area contributed by atoms with E-state index in [9.17, 15) is 27.6 Å². The zero-order valence-electron chi connectivity index (χ0n) is 19.5. The molecule has 2 amide bonds. The molecule has 1 aromatic heterocycles. The van der Waals surface area contributed by atoms with E-state index in [2.05, 4.69) is 15.6 Å². The van der Waals surface area contributed by atoms with Gasteiger partial charge in [-0.1, -0.05) is 12.1 Å². The smallest absolute Gasteiger partial charge is 0.435 e. The number of esters is 1. The van der Waals surface area contributed by atoms with Gasteiger partial charge in [0.2, 0.25) is 5.91 Å². The molecule has 2 N–H and O–H groups in total. The topological polar surface area (TPSA) is 97.4 Å². The van der Waals surface area contributed by atoms with E-state index in [-0.39, 0.29) is 29.8 Å². The molecule has 0 radical (unpaired) electrons. The Labute approximate surface area is 205 Å². The third-order valence-corrected chi connectivity index (χ3v) is 7.01. The lowest BCUT2D eigenvalue weighted by molar-refractivity contribution is -0.142. The van der Waals surface area contributed by atoms with Crippen LogP contribution in [0.25, 0.3) is 0 Å². The highest BCUT2D eigenvalue weighted by Gasteiger charge is 2.39. The number of benzene rings is 1. The summed E-state index contributed by atoms with van der Waals surface area (Å²) in [7, 11) is 1.40. The normalized spacial score (nSPS) is 18.1. The van der Waals surface area contributed by atoms with Gasteiger partial charge in [0.25, 0.3) is 5.91 Å². The fourth-order valence-electron chi connectivity index (χ4n) is 4.22. The van der Waals surface area contributed by atoms with Crippen molar-refractivity contribution in [2.24, 2.45) is 5.92 Å². The Bertz CT molecular complexity index is 1050. The molecule has 0 spiro atoms. The first kappa shape index (κ1) is 26.7. The van der Waals surface area contributed by atoms with Crippen LogP contribution in [0.2, 0.25) is 0 Å². The van der Waals surface area contributed by atoms with Gasteiger partial charge in [0.1, 0.15) is 4.88 Å². The number of aryl methyl sites for hydroxylation is 1. The number of carbonyl (C=O) groups is 3. The Kier molecular flexibility index (Phi) is 8.87. The Balaban J connectivity index is 1.43. The first-order valence-electron chi connectivity index (χ1n) is 11.4. The molecule has 0 atom stereocenters. The summed E-state index contributed by atoms with van der Waals surface area (Å²) in [4.78, 5) is 38.7. The fraction of sp³-hybridized carbons (Fsp3) is 0.500. The Hall–Kier alpha value is -2.95. The van der Waals surface area contributed by atoms with E-state index in [1.54, 1.807) is 0 Å². The number of hydrogen-bond acceptors (Lipinski definition) is 6. The minimum Gasteiger partial charge on any atom is -0.469 e. The molecule has 11 heteroatoms. The lowest BCUT2D eigenvalue weighted by Crippen LogP contribution is -2.28. The number of nitrogens with zero attached hydrogens (tertiary/aromatic N) is 1. The molecule has 35 heavy (non-hydrogen) atoms. The highest BCUT2D eigenvalue weighted by atomic mass is 32.1. The summed E-state index contributed by atoms with van der Waals surface area (Å²) in [5, 5.41) is 5.22. The van der Waals surface area contributed by atoms with Crippen molar-refractivity contribution in [1.29, 1.82) is 0 Å². The molecule has 7 nitrogen and oxygen atoms in total. The number of halogens is 3. The van der Waals surface area contributed by atoms with E-state index in [1.807, 2.05) is 24.3 Å². The van der Waals surface area contributed by atoms with E-state index < -0.39 is 22.7 Å². The van der Waals surface area contributed by atoms with Gasteiger partial charge >= 0.3 is 12.1 Å². The summed E-state index contributed by atoms with van der Waals surface area (Å²) in [5.74, 6) is -0.671. The van der Waals surface area contributed by atoms with Gasteiger partial charge in [-0.05, 0) is 62.1 Å². The monoisotopic (exact) mass is 511 g/mol. The molecule has 3 rings (SSSR count). The van der Waals surface area contributed by atoms with Crippen molar-refractivity contribution in [3.05, 3.63) is 45.4 Å². The van der Waals surface area contributed by atoms with E-state index in [1.165, 1.54) is 19.6 Å². The van der Waals surface area contributed by atoms with Crippen LogP contribution in [0.4, 0.5) is 18.9 Å². The van der Waals surface area contributed by atoms with Crippen molar-refractivity contribution in [2.45, 2.75) is 57.5 Å². The number of alkyl halides is 3. The number of carbonyl (C=O) groups excluding carboxylic acids is 3. The minimum atomic E-state index is -4.72. The molecular weight excluding hydrogens is 483 g/mol. The zero-order valence-corrected chi connectivity index (χ0v) is 20.4. The van der Waals surface area contributed by atoms with E-state index in [4.69, 9.17) is 4.74 Å². The number of aromatic nitrogens is 1. The van der Waals surface area contributed by atoms with Crippen molar-refractivity contribution in [2.75, 3.05) is 19.0 Å². The summed E-state index contributed by atoms with van der Waals surface area (Å²) < 4.78 is 43.8. The van der Waals surface area contributed by atoms with Crippen LogP contribution in [0.3, 0.4) is 0 Å². The van der Waals surface area contributed by atoms with Crippen LogP contribution < -0.4 is 10.6 Å². The maximum Gasteiger partial charge on any atom is 0.435 e. The van der Waals surface area contributed by atoms with Gasteiger partial charge in [-0.3, -0.25) is 14.4 Å². The van der Waals surface area contributed by atoms with E-state index in [0.29, 0.717) is 35.3 Å². The molecule has 1 heterocycles. The SMILES string of the molecule is COC(=O)CC1CCC(c2ccc(NC(=O)CCNC(=O)c3sc(C)nc3C(F)(F)F)cc2)CC1. The van der Waals surface area contributed by atoms with Gasteiger partial charge in [-0.2, -0.15) is 13.2 Å². The number of nitrogens with one attached hydrogen (secondary N) is 2. The lowest BCUT2D eigenvalue weighted by atomic mass is 9.77. The average Bonchev–Trinajstić information content (AvgIpc) is 3.22. The Morgan fingerprint density at radius 1 is 1.11 bits per heavy atom. The third kappa shape index (κ3) is 7.51. The minimum absolute atomic E-state index is 0.0865. The predicted molar refractivity (Wildman–Crippen MR) is 125 cm³/mol. The van der Waals surface area contributed by atoms with Gasteiger partial charge in [-0.25, -0.2) is 4.98 Å². The number of anilines is 1. The number of amides is 2. The number of hydrogen-bond donors (Lipinski definition) is 2. The first-order valence-corrected chi connectivity index (χ1v) is 12.2. The summed E-state index contributed by atoms with van der Waals surface area (Å²) in [6, 6.07) is 7.55. The number of thiazole rings is 1. The largest absolute Gasteiger partial charge is 0.469 e. The second kappa shape index (κ2) is 11.7. The molecule has 190 valence electrons. The summed E-state index contributed by atoms with van der Waals surface area (Å²) in [6.45, 7) is 1.29. The van der Waals surface area contributed by atoms with Gasteiger partial charge in [0.05, 0.1) is 12.1 Å². The van der Waals surface area contributed by atoms with Crippen LogP contribution in [0.1, 0.15) is 70.4 Å². The van der Waals surface area contributed by atoms with Gasteiger partial charge in [0, 0.05) is 25.1 Å². The molecule has 0 saturated heterocycles. The van der Waals surface area contributed by atoms with Gasteiger partial charge < -0.3 is 15.4 Å². The highest BCUT2D eigenvalue weighted by molar-refractivity contribution is 7.13.